The lowest BCUT2D eigenvalue weighted by molar-refractivity contribution is -0.129. The third-order valence-electron chi connectivity index (χ3n) is 5.08. The van der Waals surface area contributed by atoms with Crippen LogP contribution in [0.15, 0.2) is 18.2 Å². The second-order valence-corrected chi connectivity index (χ2v) is 7.47. The third kappa shape index (κ3) is 4.97. The maximum atomic E-state index is 12.3. The van der Waals surface area contributed by atoms with Crippen molar-refractivity contribution in [1.29, 1.82) is 0 Å². The zero-order valence-corrected chi connectivity index (χ0v) is 15.7. The van der Waals surface area contributed by atoms with E-state index in [1.165, 1.54) is 19.3 Å². The van der Waals surface area contributed by atoms with Crippen LogP contribution in [0.1, 0.15) is 43.2 Å². The SMILES string of the molecule is Cc1cc(C)cc(N2CC(CNC(=O)NC3CCCCC3)OCC2=O)c1. The molecule has 1 heterocycles. The molecule has 1 aromatic rings. The Kier molecular flexibility index (Phi) is 6.14. The lowest BCUT2D eigenvalue weighted by Gasteiger charge is -2.33. The van der Waals surface area contributed by atoms with Crippen molar-refractivity contribution < 1.29 is 14.3 Å². The number of hydrogen-bond acceptors (Lipinski definition) is 3. The fraction of sp³-hybridized carbons (Fsp3) is 0.600. The van der Waals surface area contributed by atoms with Gasteiger partial charge in [-0.25, -0.2) is 4.79 Å². The molecule has 0 aromatic heterocycles. The number of urea groups is 1. The molecule has 2 N–H and O–H groups in total. The van der Waals surface area contributed by atoms with Gasteiger partial charge in [0.15, 0.2) is 0 Å². The predicted molar refractivity (Wildman–Crippen MR) is 101 cm³/mol. The summed E-state index contributed by atoms with van der Waals surface area (Å²) in [7, 11) is 0. The summed E-state index contributed by atoms with van der Waals surface area (Å²) >= 11 is 0. The van der Waals surface area contributed by atoms with Crippen molar-refractivity contribution in [3.63, 3.8) is 0 Å². The van der Waals surface area contributed by atoms with Crippen molar-refractivity contribution in [2.75, 3.05) is 24.6 Å². The average Bonchev–Trinajstić information content (AvgIpc) is 2.61. The van der Waals surface area contributed by atoms with Crippen molar-refractivity contribution in [1.82, 2.24) is 10.6 Å². The number of nitrogens with zero attached hydrogens (tertiary/aromatic N) is 1. The Morgan fingerprint density at radius 3 is 2.54 bits per heavy atom. The lowest BCUT2D eigenvalue weighted by atomic mass is 9.96. The number of morpholine rings is 1. The van der Waals surface area contributed by atoms with Gasteiger partial charge >= 0.3 is 6.03 Å². The van der Waals surface area contributed by atoms with Gasteiger partial charge in [-0.1, -0.05) is 25.3 Å². The zero-order valence-electron chi connectivity index (χ0n) is 15.7. The van der Waals surface area contributed by atoms with Gasteiger partial charge in [-0.05, 0) is 49.9 Å². The largest absolute Gasteiger partial charge is 0.365 e. The molecule has 26 heavy (non-hydrogen) atoms. The topological polar surface area (TPSA) is 70.7 Å². The van der Waals surface area contributed by atoms with Crippen LogP contribution in [0.2, 0.25) is 0 Å². The molecule has 1 saturated heterocycles. The van der Waals surface area contributed by atoms with Gasteiger partial charge < -0.3 is 20.3 Å². The fourth-order valence-corrected chi connectivity index (χ4v) is 3.79. The molecule has 0 spiro atoms. The predicted octanol–water partition coefficient (Wildman–Crippen LogP) is 2.67. The second kappa shape index (κ2) is 8.54. The van der Waals surface area contributed by atoms with E-state index < -0.39 is 0 Å². The quantitative estimate of drug-likeness (QED) is 0.868. The van der Waals surface area contributed by atoms with Gasteiger partial charge in [0.05, 0.1) is 12.6 Å². The molecule has 0 bridgehead atoms. The molecule has 142 valence electrons. The third-order valence-corrected chi connectivity index (χ3v) is 5.08. The number of nitrogens with one attached hydrogen (secondary N) is 2. The first kappa shape index (κ1) is 18.7. The van der Waals surface area contributed by atoms with Crippen LogP contribution >= 0.6 is 0 Å². The Morgan fingerprint density at radius 2 is 1.85 bits per heavy atom. The minimum atomic E-state index is -0.203. The monoisotopic (exact) mass is 359 g/mol. The van der Waals surface area contributed by atoms with E-state index >= 15 is 0 Å². The highest BCUT2D eigenvalue weighted by Crippen LogP contribution is 2.22. The van der Waals surface area contributed by atoms with Gasteiger partial charge in [0, 0.05) is 18.3 Å². The first-order valence-corrected chi connectivity index (χ1v) is 9.56. The molecule has 1 aliphatic carbocycles. The van der Waals surface area contributed by atoms with Gasteiger partial charge in [-0.15, -0.1) is 0 Å². The molecule has 3 amide bonds. The summed E-state index contributed by atoms with van der Waals surface area (Å²) in [6.45, 7) is 4.94. The van der Waals surface area contributed by atoms with Crippen molar-refractivity contribution in [3.8, 4) is 0 Å². The summed E-state index contributed by atoms with van der Waals surface area (Å²) in [4.78, 5) is 26.1. The van der Waals surface area contributed by atoms with Crippen LogP contribution in [0, 0.1) is 13.8 Å². The van der Waals surface area contributed by atoms with Crippen molar-refractivity contribution in [2.24, 2.45) is 0 Å². The van der Waals surface area contributed by atoms with Crippen LogP contribution in [0.5, 0.6) is 0 Å². The Morgan fingerprint density at radius 1 is 1.15 bits per heavy atom. The smallest absolute Gasteiger partial charge is 0.315 e. The molecule has 2 aliphatic rings. The number of carbonyl (C=O) groups is 2. The second-order valence-electron chi connectivity index (χ2n) is 7.47. The van der Waals surface area contributed by atoms with Crippen LogP contribution < -0.4 is 15.5 Å². The van der Waals surface area contributed by atoms with Gasteiger partial charge in [0.2, 0.25) is 0 Å². The van der Waals surface area contributed by atoms with E-state index in [1.807, 2.05) is 26.0 Å². The molecule has 1 aromatic carbocycles. The van der Waals surface area contributed by atoms with E-state index in [0.29, 0.717) is 13.1 Å². The summed E-state index contributed by atoms with van der Waals surface area (Å²) in [6, 6.07) is 6.25. The molecule has 6 heteroatoms. The molecule has 1 unspecified atom stereocenters. The summed E-state index contributed by atoms with van der Waals surface area (Å²) in [5.41, 5.74) is 3.15. The molecule has 6 nitrogen and oxygen atoms in total. The van der Waals surface area contributed by atoms with Crippen molar-refractivity contribution >= 4 is 17.6 Å². The van der Waals surface area contributed by atoms with Gasteiger partial charge in [-0.2, -0.15) is 0 Å². The van der Waals surface area contributed by atoms with Crippen LogP contribution in [-0.2, 0) is 9.53 Å². The fourth-order valence-electron chi connectivity index (χ4n) is 3.79. The molecule has 0 radical (unpaired) electrons. The maximum absolute atomic E-state index is 12.3. The van der Waals surface area contributed by atoms with Gasteiger partial charge in [-0.3, -0.25) is 4.79 Å². The summed E-state index contributed by atoms with van der Waals surface area (Å²) in [6.07, 6.45) is 5.54. The molecule has 1 aliphatic heterocycles. The number of carbonyl (C=O) groups excluding carboxylic acids is 2. The number of rotatable bonds is 4. The standard InChI is InChI=1S/C20H29N3O3/c1-14-8-15(2)10-17(9-14)23-12-18(26-13-19(23)24)11-21-20(25)22-16-6-4-3-5-7-16/h8-10,16,18H,3-7,11-13H2,1-2H3,(H2,21,22,25). The summed E-state index contributed by atoms with van der Waals surface area (Å²) in [5.74, 6) is -0.0436. The Balaban J connectivity index is 1.52. The van der Waals surface area contributed by atoms with E-state index in [0.717, 1.165) is 29.7 Å². The van der Waals surface area contributed by atoms with Crippen molar-refractivity contribution in [3.05, 3.63) is 29.3 Å². The van der Waals surface area contributed by atoms with E-state index in [1.54, 1.807) is 4.90 Å². The van der Waals surface area contributed by atoms with Crippen LogP contribution in [0.4, 0.5) is 10.5 Å². The minimum absolute atomic E-state index is 0.0436. The number of benzene rings is 1. The number of ether oxygens (including phenoxy) is 1. The number of amides is 3. The normalized spacial score (nSPS) is 21.5. The lowest BCUT2D eigenvalue weighted by Crippen LogP contribution is -2.52. The highest BCUT2D eigenvalue weighted by molar-refractivity contribution is 5.95. The van der Waals surface area contributed by atoms with Crippen LogP contribution in [0.25, 0.3) is 0 Å². The molecule has 1 atom stereocenters. The van der Waals surface area contributed by atoms with E-state index in [-0.39, 0.29) is 30.7 Å². The maximum Gasteiger partial charge on any atom is 0.315 e. The summed E-state index contributed by atoms with van der Waals surface area (Å²) in [5, 5.41) is 5.94. The Hall–Kier alpha value is -2.08. The van der Waals surface area contributed by atoms with Gasteiger partial charge in [0.25, 0.3) is 5.91 Å². The molecule has 3 rings (SSSR count). The highest BCUT2D eigenvalue weighted by atomic mass is 16.5. The first-order chi connectivity index (χ1) is 12.5. The molecular formula is C20H29N3O3. The zero-order chi connectivity index (χ0) is 18.5. The number of hydrogen-bond donors (Lipinski definition) is 2. The first-order valence-electron chi connectivity index (χ1n) is 9.56. The average molecular weight is 359 g/mol. The Labute approximate surface area is 155 Å². The molecular weight excluding hydrogens is 330 g/mol. The minimum Gasteiger partial charge on any atom is -0.365 e. The highest BCUT2D eigenvalue weighted by Gasteiger charge is 2.28. The van der Waals surface area contributed by atoms with E-state index in [9.17, 15) is 9.59 Å². The number of anilines is 1. The summed E-state index contributed by atoms with van der Waals surface area (Å²) < 4.78 is 5.61. The Bertz CT molecular complexity index is 635. The van der Waals surface area contributed by atoms with Crippen LogP contribution in [-0.4, -0.2) is 43.8 Å². The van der Waals surface area contributed by atoms with E-state index in [4.69, 9.17) is 4.74 Å². The van der Waals surface area contributed by atoms with Gasteiger partial charge in [0.1, 0.15) is 6.61 Å². The van der Waals surface area contributed by atoms with Crippen molar-refractivity contribution in [2.45, 2.75) is 58.1 Å². The van der Waals surface area contributed by atoms with Crippen LogP contribution in [0.3, 0.4) is 0 Å². The molecule has 2 fully saturated rings. The number of aryl methyl sites for hydroxylation is 2. The molecule has 1 saturated carbocycles. The van der Waals surface area contributed by atoms with E-state index in [2.05, 4.69) is 16.7 Å².